The number of halogens is 1. The minimum atomic E-state index is -1.82. The Morgan fingerprint density at radius 1 is 1.12 bits per heavy atom. The van der Waals surface area contributed by atoms with Crippen LogP contribution in [0, 0.1) is 0 Å². The maximum absolute atomic E-state index is 14.0. The molecule has 0 bridgehead atoms. The molecule has 0 saturated carbocycles. The summed E-state index contributed by atoms with van der Waals surface area (Å²) < 4.78 is 35.6. The fourth-order valence-corrected chi connectivity index (χ4v) is 3.11. The van der Waals surface area contributed by atoms with Gasteiger partial charge in [-0.05, 0) is 26.0 Å². The second-order valence-corrected chi connectivity index (χ2v) is 6.40. The topological polar surface area (TPSA) is 71.1 Å². The van der Waals surface area contributed by atoms with Gasteiger partial charge in [-0.3, -0.25) is 4.79 Å². The molecule has 1 aromatic rings. The summed E-state index contributed by atoms with van der Waals surface area (Å²) in [5.74, 6) is -1.18. The summed E-state index contributed by atoms with van der Waals surface area (Å²) in [6, 6.07) is 8.47. The van der Waals surface area contributed by atoms with Crippen LogP contribution in [-0.4, -0.2) is 48.3 Å². The summed E-state index contributed by atoms with van der Waals surface area (Å²) >= 11 is 0. The predicted octanol–water partition coefficient (Wildman–Crippen LogP) is 2.02. The number of benzene rings is 1. The average molecular weight is 338 g/mol. The first-order chi connectivity index (χ1) is 11.3. The number of ether oxygens (including phenoxy) is 4. The molecule has 7 heteroatoms. The van der Waals surface area contributed by atoms with Gasteiger partial charge in [-0.1, -0.05) is 18.2 Å². The lowest BCUT2D eigenvalue weighted by Crippen LogP contribution is -2.42. The van der Waals surface area contributed by atoms with E-state index in [1.54, 1.807) is 44.2 Å². The molecule has 0 radical (unpaired) electrons. The van der Waals surface area contributed by atoms with E-state index in [0.717, 1.165) is 0 Å². The maximum atomic E-state index is 14.0. The quantitative estimate of drug-likeness (QED) is 0.785. The Kier molecular flexibility index (Phi) is 4.31. The van der Waals surface area contributed by atoms with Crippen LogP contribution in [-0.2, 0) is 23.7 Å². The molecule has 2 aliphatic heterocycles. The van der Waals surface area contributed by atoms with E-state index in [0.29, 0.717) is 5.56 Å². The lowest BCUT2D eigenvalue weighted by atomic mass is 9.98. The van der Waals surface area contributed by atoms with E-state index in [2.05, 4.69) is 0 Å². The van der Waals surface area contributed by atoms with Crippen molar-refractivity contribution in [1.29, 1.82) is 0 Å². The first-order valence-electron chi connectivity index (χ1n) is 7.70. The van der Waals surface area contributed by atoms with Crippen LogP contribution in [0.4, 0.5) is 4.39 Å². The summed E-state index contributed by atoms with van der Waals surface area (Å²) in [6.07, 6.45) is -5.49. The Bertz CT molecular complexity index is 631. The van der Waals surface area contributed by atoms with Crippen LogP contribution >= 0.6 is 0 Å². The number of rotatable bonds is 3. The minimum absolute atomic E-state index is 0.378. The lowest BCUT2D eigenvalue weighted by Gasteiger charge is -2.29. The molecule has 130 valence electrons. The van der Waals surface area contributed by atoms with Gasteiger partial charge in [-0.15, -0.1) is 0 Å². The zero-order valence-corrected chi connectivity index (χ0v) is 13.6. The molecule has 2 fully saturated rings. The standard InChI is InChI=1S/C17H19FO6/c1-9(19)21-13-11-12(22-15(13)18)14(17(2,3)24-11)23-16(20)10-7-5-4-6-8-10/h4-8,11-15H,1-3H3/t11-,12-,13+,14-,15+/m1/s1. The van der Waals surface area contributed by atoms with E-state index in [4.69, 9.17) is 18.9 Å². The fourth-order valence-electron chi connectivity index (χ4n) is 3.11. The van der Waals surface area contributed by atoms with Gasteiger partial charge < -0.3 is 18.9 Å². The van der Waals surface area contributed by atoms with Gasteiger partial charge in [0.25, 0.3) is 0 Å². The Morgan fingerprint density at radius 3 is 2.42 bits per heavy atom. The largest absolute Gasteiger partial charge is 0.454 e. The van der Waals surface area contributed by atoms with Crippen molar-refractivity contribution in [3.8, 4) is 0 Å². The lowest BCUT2D eigenvalue weighted by molar-refractivity contribution is -0.175. The summed E-state index contributed by atoms with van der Waals surface area (Å²) in [5.41, 5.74) is -0.527. The van der Waals surface area contributed by atoms with E-state index in [9.17, 15) is 14.0 Å². The van der Waals surface area contributed by atoms with E-state index < -0.39 is 48.3 Å². The number of carbonyl (C=O) groups is 2. The van der Waals surface area contributed by atoms with Crippen LogP contribution < -0.4 is 0 Å². The Labute approximate surface area is 138 Å². The third kappa shape index (κ3) is 3.01. The number of hydrogen-bond acceptors (Lipinski definition) is 6. The van der Waals surface area contributed by atoms with Gasteiger partial charge in [0.05, 0.1) is 5.56 Å². The van der Waals surface area contributed by atoms with Gasteiger partial charge >= 0.3 is 11.9 Å². The molecule has 0 N–H and O–H groups in total. The first kappa shape index (κ1) is 16.9. The summed E-state index contributed by atoms with van der Waals surface area (Å²) in [6.45, 7) is 4.62. The highest BCUT2D eigenvalue weighted by Gasteiger charge is 2.62. The zero-order valence-electron chi connectivity index (χ0n) is 13.6. The maximum Gasteiger partial charge on any atom is 0.338 e. The van der Waals surface area contributed by atoms with Gasteiger partial charge in [0.2, 0.25) is 6.36 Å². The molecule has 0 amide bonds. The molecule has 0 unspecified atom stereocenters. The molecule has 3 rings (SSSR count). The van der Waals surface area contributed by atoms with Crippen LogP contribution in [0.25, 0.3) is 0 Å². The smallest absolute Gasteiger partial charge is 0.338 e. The molecule has 6 nitrogen and oxygen atoms in total. The molecule has 0 spiro atoms. The number of fused-ring (bicyclic) bond motifs is 1. The molecule has 5 atom stereocenters. The van der Waals surface area contributed by atoms with E-state index in [-0.39, 0.29) is 0 Å². The Hall–Kier alpha value is -1.99. The van der Waals surface area contributed by atoms with Crippen LogP contribution in [0.3, 0.4) is 0 Å². The van der Waals surface area contributed by atoms with Crippen LogP contribution in [0.15, 0.2) is 30.3 Å². The van der Waals surface area contributed by atoms with Crippen molar-refractivity contribution >= 4 is 11.9 Å². The van der Waals surface area contributed by atoms with Crippen molar-refractivity contribution in [2.75, 3.05) is 0 Å². The minimum Gasteiger partial charge on any atom is -0.454 e. The predicted molar refractivity (Wildman–Crippen MR) is 79.9 cm³/mol. The Morgan fingerprint density at radius 2 is 1.79 bits per heavy atom. The number of carbonyl (C=O) groups excluding carboxylic acids is 2. The summed E-state index contributed by atoms with van der Waals surface area (Å²) in [7, 11) is 0. The Balaban J connectivity index is 1.78. The van der Waals surface area contributed by atoms with Crippen molar-refractivity contribution in [2.24, 2.45) is 0 Å². The molecule has 0 aliphatic carbocycles. The normalized spacial score (nSPS) is 33.8. The van der Waals surface area contributed by atoms with Crippen LogP contribution in [0.2, 0.25) is 0 Å². The molecule has 2 heterocycles. The third-order valence-electron chi connectivity index (χ3n) is 4.16. The van der Waals surface area contributed by atoms with Gasteiger partial charge in [0.1, 0.15) is 17.8 Å². The molecule has 24 heavy (non-hydrogen) atoms. The number of esters is 2. The second kappa shape index (κ2) is 6.14. The third-order valence-corrected chi connectivity index (χ3v) is 4.16. The SMILES string of the molecule is CC(=O)O[C@H]1[C@@H]2OC(C)(C)[C@H](OC(=O)c3ccccc3)[C@@H]2O[C@@H]1F. The van der Waals surface area contributed by atoms with Gasteiger partial charge in [-0.2, -0.15) is 0 Å². The van der Waals surface area contributed by atoms with E-state index in [1.807, 2.05) is 0 Å². The highest BCUT2D eigenvalue weighted by Crippen LogP contribution is 2.43. The van der Waals surface area contributed by atoms with Crippen molar-refractivity contribution in [2.45, 2.75) is 57.1 Å². The van der Waals surface area contributed by atoms with Crippen molar-refractivity contribution < 1.29 is 32.9 Å². The zero-order chi connectivity index (χ0) is 17.5. The molecule has 0 aromatic heterocycles. The monoisotopic (exact) mass is 338 g/mol. The van der Waals surface area contributed by atoms with E-state index in [1.165, 1.54) is 6.92 Å². The number of hydrogen-bond donors (Lipinski definition) is 0. The molecular weight excluding hydrogens is 319 g/mol. The highest BCUT2D eigenvalue weighted by molar-refractivity contribution is 5.89. The van der Waals surface area contributed by atoms with Crippen molar-refractivity contribution in [1.82, 2.24) is 0 Å². The molecule has 2 aliphatic rings. The van der Waals surface area contributed by atoms with Gasteiger partial charge in [0, 0.05) is 6.92 Å². The first-order valence-corrected chi connectivity index (χ1v) is 7.70. The van der Waals surface area contributed by atoms with Crippen LogP contribution in [0.1, 0.15) is 31.1 Å². The summed E-state index contributed by atoms with van der Waals surface area (Å²) in [5, 5.41) is 0. The average Bonchev–Trinajstić information content (AvgIpc) is 2.93. The van der Waals surface area contributed by atoms with Gasteiger partial charge in [-0.25, -0.2) is 9.18 Å². The second-order valence-electron chi connectivity index (χ2n) is 6.40. The molecule has 2 saturated heterocycles. The highest BCUT2D eigenvalue weighted by atomic mass is 19.1. The van der Waals surface area contributed by atoms with Crippen LogP contribution in [0.5, 0.6) is 0 Å². The molecule has 1 aromatic carbocycles. The number of alkyl halides is 1. The fraction of sp³-hybridized carbons (Fsp3) is 0.529. The van der Waals surface area contributed by atoms with E-state index >= 15 is 0 Å². The molecular formula is C17H19FO6. The van der Waals surface area contributed by atoms with Crippen molar-refractivity contribution in [3.05, 3.63) is 35.9 Å². The summed E-state index contributed by atoms with van der Waals surface area (Å²) in [4.78, 5) is 23.5. The van der Waals surface area contributed by atoms with Gasteiger partial charge in [0.15, 0.2) is 12.2 Å². The van der Waals surface area contributed by atoms with Crippen molar-refractivity contribution in [3.63, 3.8) is 0 Å².